The molecule has 138 valence electrons. The smallest absolute Gasteiger partial charge is 0.253 e. The fourth-order valence-electron chi connectivity index (χ4n) is 3.24. The van der Waals surface area contributed by atoms with Gasteiger partial charge in [0.25, 0.3) is 5.91 Å². The van der Waals surface area contributed by atoms with Crippen LogP contribution in [0.4, 0.5) is 9.52 Å². The Bertz CT molecular complexity index is 911. The fourth-order valence-corrected chi connectivity index (χ4v) is 4.13. The Balaban J connectivity index is 1.44. The van der Waals surface area contributed by atoms with Gasteiger partial charge in [-0.3, -0.25) is 4.79 Å². The number of carbonyl (C=O) groups excluding carboxylic acids is 1. The zero-order chi connectivity index (χ0) is 18.6. The van der Waals surface area contributed by atoms with Crippen LogP contribution in [-0.2, 0) is 0 Å². The first-order chi connectivity index (χ1) is 13.2. The fraction of sp³-hybridized carbons (Fsp3) is 0.238. The summed E-state index contributed by atoms with van der Waals surface area (Å²) in [4.78, 5) is 21.6. The number of anilines is 1. The first-order valence-electron chi connectivity index (χ1n) is 9.01. The van der Waals surface area contributed by atoms with Crippen LogP contribution in [0.5, 0.6) is 0 Å². The summed E-state index contributed by atoms with van der Waals surface area (Å²) in [5.74, 6) is -0.159. The molecule has 0 atom stereocenters. The number of benzene rings is 2. The molecule has 1 aromatic heterocycles. The quantitative estimate of drug-likeness (QED) is 0.679. The molecular formula is C21H20FN3OS. The van der Waals surface area contributed by atoms with Gasteiger partial charge in [0, 0.05) is 42.7 Å². The van der Waals surface area contributed by atoms with Crippen molar-refractivity contribution < 1.29 is 9.18 Å². The first kappa shape index (κ1) is 17.7. The molecule has 0 N–H and O–H groups in total. The van der Waals surface area contributed by atoms with Gasteiger partial charge in [0.1, 0.15) is 5.82 Å². The van der Waals surface area contributed by atoms with Crippen LogP contribution in [0.25, 0.3) is 11.3 Å². The van der Waals surface area contributed by atoms with E-state index in [2.05, 4.69) is 4.90 Å². The van der Waals surface area contributed by atoms with E-state index in [0.717, 1.165) is 48.0 Å². The van der Waals surface area contributed by atoms with Gasteiger partial charge in [-0.15, -0.1) is 11.3 Å². The van der Waals surface area contributed by atoms with Gasteiger partial charge < -0.3 is 9.80 Å². The van der Waals surface area contributed by atoms with Crippen molar-refractivity contribution in [2.24, 2.45) is 0 Å². The van der Waals surface area contributed by atoms with Crippen molar-refractivity contribution >= 4 is 22.4 Å². The van der Waals surface area contributed by atoms with Crippen molar-refractivity contribution in [3.63, 3.8) is 0 Å². The standard InChI is InChI=1S/C21H20FN3OS/c22-18-9-7-16(8-10-18)19-15-27-21(23-19)25-12-4-11-24(13-14-25)20(26)17-5-2-1-3-6-17/h1-3,5-10,15H,4,11-14H2. The van der Waals surface area contributed by atoms with Crippen LogP contribution in [0, 0.1) is 5.82 Å². The third-order valence-electron chi connectivity index (χ3n) is 4.71. The molecule has 6 heteroatoms. The van der Waals surface area contributed by atoms with Crippen molar-refractivity contribution in [2.45, 2.75) is 6.42 Å². The van der Waals surface area contributed by atoms with Crippen LogP contribution in [0.1, 0.15) is 16.8 Å². The monoisotopic (exact) mass is 381 g/mol. The lowest BCUT2D eigenvalue weighted by Gasteiger charge is -2.21. The maximum absolute atomic E-state index is 13.1. The maximum atomic E-state index is 13.1. The Morgan fingerprint density at radius 3 is 2.52 bits per heavy atom. The highest BCUT2D eigenvalue weighted by Gasteiger charge is 2.21. The minimum atomic E-state index is -0.245. The van der Waals surface area contributed by atoms with Gasteiger partial charge in [0.05, 0.1) is 5.69 Å². The normalized spacial score (nSPS) is 14.9. The molecule has 0 saturated carbocycles. The second-order valence-corrected chi connectivity index (χ2v) is 7.36. The predicted octanol–water partition coefficient (Wildman–Crippen LogP) is 4.30. The first-order valence-corrected chi connectivity index (χ1v) is 9.89. The summed E-state index contributed by atoms with van der Waals surface area (Å²) in [7, 11) is 0. The molecule has 4 nitrogen and oxygen atoms in total. The molecule has 0 unspecified atom stereocenters. The molecule has 0 radical (unpaired) electrons. The summed E-state index contributed by atoms with van der Waals surface area (Å²) in [6.07, 6.45) is 0.907. The Morgan fingerprint density at radius 1 is 0.963 bits per heavy atom. The summed E-state index contributed by atoms with van der Waals surface area (Å²) in [5.41, 5.74) is 2.50. The number of aromatic nitrogens is 1. The average molecular weight is 381 g/mol. The Morgan fingerprint density at radius 2 is 1.74 bits per heavy atom. The van der Waals surface area contributed by atoms with E-state index in [1.807, 2.05) is 40.6 Å². The summed E-state index contributed by atoms with van der Waals surface area (Å²) in [6.45, 7) is 3.06. The highest BCUT2D eigenvalue weighted by atomic mass is 32.1. The van der Waals surface area contributed by atoms with Gasteiger partial charge in [0.15, 0.2) is 5.13 Å². The van der Waals surface area contributed by atoms with Crippen LogP contribution in [0.3, 0.4) is 0 Å². The molecule has 3 aromatic rings. The van der Waals surface area contributed by atoms with Crippen LogP contribution >= 0.6 is 11.3 Å². The van der Waals surface area contributed by atoms with E-state index in [1.54, 1.807) is 23.5 Å². The van der Waals surface area contributed by atoms with Crippen molar-refractivity contribution in [2.75, 3.05) is 31.1 Å². The molecule has 27 heavy (non-hydrogen) atoms. The molecule has 1 amide bonds. The van der Waals surface area contributed by atoms with Crippen molar-refractivity contribution in [3.8, 4) is 11.3 Å². The second kappa shape index (κ2) is 7.88. The second-order valence-electron chi connectivity index (χ2n) is 6.52. The number of nitrogens with zero attached hydrogens (tertiary/aromatic N) is 3. The summed E-state index contributed by atoms with van der Waals surface area (Å²) >= 11 is 1.59. The molecule has 1 fully saturated rings. The minimum absolute atomic E-state index is 0.0867. The largest absolute Gasteiger partial charge is 0.346 e. The number of hydrogen-bond donors (Lipinski definition) is 0. The Hall–Kier alpha value is -2.73. The Kier molecular flexibility index (Phi) is 5.16. The van der Waals surface area contributed by atoms with Gasteiger partial charge in [-0.05, 0) is 42.8 Å². The van der Waals surface area contributed by atoms with Gasteiger partial charge in [-0.1, -0.05) is 18.2 Å². The van der Waals surface area contributed by atoms with Crippen molar-refractivity contribution in [1.82, 2.24) is 9.88 Å². The van der Waals surface area contributed by atoms with E-state index in [0.29, 0.717) is 6.54 Å². The van der Waals surface area contributed by atoms with Crippen LogP contribution in [0.15, 0.2) is 60.0 Å². The summed E-state index contributed by atoms with van der Waals surface area (Å²) < 4.78 is 13.1. The topological polar surface area (TPSA) is 36.4 Å². The molecule has 0 aliphatic carbocycles. The van der Waals surface area contributed by atoms with Crippen molar-refractivity contribution in [3.05, 3.63) is 71.4 Å². The zero-order valence-corrected chi connectivity index (χ0v) is 15.7. The van der Waals surface area contributed by atoms with E-state index in [4.69, 9.17) is 4.98 Å². The van der Waals surface area contributed by atoms with E-state index >= 15 is 0 Å². The number of hydrogen-bond acceptors (Lipinski definition) is 4. The number of halogens is 1. The average Bonchev–Trinajstić information content (AvgIpc) is 3.07. The third-order valence-corrected chi connectivity index (χ3v) is 5.61. The minimum Gasteiger partial charge on any atom is -0.346 e. The molecular weight excluding hydrogens is 361 g/mol. The van der Waals surface area contributed by atoms with Gasteiger partial charge in [0.2, 0.25) is 0 Å². The zero-order valence-electron chi connectivity index (χ0n) is 14.8. The molecule has 0 bridgehead atoms. The number of amides is 1. The number of rotatable bonds is 3. The summed E-state index contributed by atoms with van der Waals surface area (Å²) in [5, 5.41) is 2.95. The van der Waals surface area contributed by atoms with E-state index in [1.165, 1.54) is 12.1 Å². The third kappa shape index (κ3) is 4.01. The molecule has 2 heterocycles. The van der Waals surface area contributed by atoms with Crippen molar-refractivity contribution in [1.29, 1.82) is 0 Å². The summed E-state index contributed by atoms with van der Waals surface area (Å²) in [6, 6.07) is 15.8. The highest BCUT2D eigenvalue weighted by Crippen LogP contribution is 2.28. The predicted molar refractivity (Wildman–Crippen MR) is 107 cm³/mol. The maximum Gasteiger partial charge on any atom is 0.253 e. The van der Waals surface area contributed by atoms with Gasteiger partial charge >= 0.3 is 0 Å². The molecule has 1 aliphatic rings. The lowest BCUT2D eigenvalue weighted by atomic mass is 10.2. The Labute approximate surface area is 161 Å². The number of carbonyl (C=O) groups is 1. The molecule has 2 aromatic carbocycles. The number of thiazole rings is 1. The van der Waals surface area contributed by atoms with E-state index in [-0.39, 0.29) is 11.7 Å². The van der Waals surface area contributed by atoms with Crippen LogP contribution in [0.2, 0.25) is 0 Å². The lowest BCUT2D eigenvalue weighted by Crippen LogP contribution is -2.35. The van der Waals surface area contributed by atoms with Crippen LogP contribution in [-0.4, -0.2) is 42.0 Å². The van der Waals surface area contributed by atoms with E-state index in [9.17, 15) is 9.18 Å². The van der Waals surface area contributed by atoms with E-state index < -0.39 is 0 Å². The molecule has 4 rings (SSSR count). The molecule has 1 aliphatic heterocycles. The van der Waals surface area contributed by atoms with Crippen LogP contribution < -0.4 is 4.90 Å². The highest BCUT2D eigenvalue weighted by molar-refractivity contribution is 7.14. The SMILES string of the molecule is O=C(c1ccccc1)N1CCCN(c2nc(-c3ccc(F)cc3)cs2)CC1. The molecule has 0 spiro atoms. The van der Waals surface area contributed by atoms with Gasteiger partial charge in [-0.2, -0.15) is 0 Å². The lowest BCUT2D eigenvalue weighted by molar-refractivity contribution is 0.0767. The molecule has 1 saturated heterocycles. The van der Waals surface area contributed by atoms with Gasteiger partial charge in [-0.25, -0.2) is 9.37 Å².